The number of rotatable bonds is 3. The molecule has 3 aliphatic rings. The van der Waals surface area contributed by atoms with Crippen molar-refractivity contribution in [2.75, 3.05) is 17.7 Å². The molecule has 5 atom stereocenters. The summed E-state index contributed by atoms with van der Waals surface area (Å²) >= 11 is 1.72. The summed E-state index contributed by atoms with van der Waals surface area (Å²) in [7, 11) is 0. The first-order chi connectivity index (χ1) is 13.2. The summed E-state index contributed by atoms with van der Waals surface area (Å²) in [5.74, 6) is -0.431. The van der Waals surface area contributed by atoms with Crippen LogP contribution in [0.1, 0.15) is 24.4 Å². The number of benzene rings is 2. The Morgan fingerprint density at radius 3 is 2.37 bits per heavy atom. The minimum atomic E-state index is -0.238. The number of hydrogen-bond acceptors (Lipinski definition) is 3. The SMILES string of the molecule is CSc1ccc([C@H]2[C@@H]3C(=O)N(c4ccccc4)C(=O)[C@@H]3[C@H]3CCC[NH+]32)cc1. The van der Waals surface area contributed by atoms with E-state index in [4.69, 9.17) is 0 Å². The first kappa shape index (κ1) is 17.0. The van der Waals surface area contributed by atoms with E-state index in [1.54, 1.807) is 11.8 Å². The van der Waals surface area contributed by atoms with Crippen LogP contribution in [-0.4, -0.2) is 30.7 Å². The largest absolute Gasteiger partial charge is 0.325 e. The number of fused-ring (bicyclic) bond motifs is 3. The lowest BCUT2D eigenvalue weighted by Gasteiger charge is -2.26. The molecule has 4 nitrogen and oxygen atoms in total. The highest BCUT2D eigenvalue weighted by atomic mass is 32.2. The van der Waals surface area contributed by atoms with Gasteiger partial charge in [-0.05, 0) is 30.5 Å². The molecule has 2 aromatic rings. The third-order valence-electron chi connectivity index (χ3n) is 6.54. The Morgan fingerprint density at radius 2 is 1.67 bits per heavy atom. The molecular weight excluding hydrogens is 356 g/mol. The lowest BCUT2D eigenvalue weighted by atomic mass is 9.85. The Hall–Kier alpha value is -2.11. The number of carbonyl (C=O) groups excluding carboxylic acids is 2. The number of para-hydroxylation sites is 1. The quantitative estimate of drug-likeness (QED) is 0.657. The lowest BCUT2D eigenvalue weighted by Crippen LogP contribution is -3.12. The monoisotopic (exact) mass is 379 g/mol. The summed E-state index contributed by atoms with van der Waals surface area (Å²) in [6.07, 6.45) is 4.24. The topological polar surface area (TPSA) is 41.8 Å². The van der Waals surface area contributed by atoms with Crippen molar-refractivity contribution in [2.45, 2.75) is 29.8 Å². The van der Waals surface area contributed by atoms with Gasteiger partial charge in [-0.3, -0.25) is 9.59 Å². The van der Waals surface area contributed by atoms with Gasteiger partial charge >= 0.3 is 0 Å². The number of anilines is 1. The van der Waals surface area contributed by atoms with Crippen LogP contribution in [-0.2, 0) is 9.59 Å². The van der Waals surface area contributed by atoms with Crippen LogP contribution in [0.25, 0.3) is 0 Å². The summed E-state index contributed by atoms with van der Waals surface area (Å²) < 4.78 is 0. The van der Waals surface area contributed by atoms with Gasteiger partial charge in [-0.1, -0.05) is 30.3 Å². The van der Waals surface area contributed by atoms with Crippen LogP contribution < -0.4 is 9.80 Å². The molecule has 0 aromatic heterocycles. The van der Waals surface area contributed by atoms with Gasteiger partial charge in [-0.2, -0.15) is 0 Å². The molecule has 0 saturated carbocycles. The van der Waals surface area contributed by atoms with Crippen LogP contribution in [0.15, 0.2) is 59.5 Å². The Balaban J connectivity index is 1.57. The molecular formula is C22H23N2O2S+. The van der Waals surface area contributed by atoms with Gasteiger partial charge in [0.25, 0.3) is 0 Å². The number of nitrogens with zero attached hydrogens (tertiary/aromatic N) is 1. The average molecular weight is 380 g/mol. The van der Waals surface area contributed by atoms with Crippen molar-refractivity contribution in [3.63, 3.8) is 0 Å². The van der Waals surface area contributed by atoms with Crippen molar-refractivity contribution in [2.24, 2.45) is 11.8 Å². The normalized spacial score (nSPS) is 32.0. The number of thioether (sulfide) groups is 1. The standard InChI is InChI=1S/C22H22N2O2S/c1-27-16-11-9-14(10-12-16)20-19-18(17-8-5-13-23(17)20)21(25)24(22(19)26)15-6-3-2-4-7-15/h2-4,6-7,9-12,17-20H,5,8,13H2,1H3/p+1/t17-,18-,19-,20+/m1/s1. The van der Waals surface area contributed by atoms with Gasteiger partial charge < -0.3 is 4.90 Å². The zero-order valence-corrected chi connectivity index (χ0v) is 16.1. The van der Waals surface area contributed by atoms with E-state index < -0.39 is 0 Å². The molecule has 3 aliphatic heterocycles. The summed E-state index contributed by atoms with van der Waals surface area (Å²) in [6.45, 7) is 1.05. The van der Waals surface area contributed by atoms with Gasteiger partial charge in [0.1, 0.15) is 23.9 Å². The molecule has 5 heteroatoms. The molecule has 1 N–H and O–H groups in total. The van der Waals surface area contributed by atoms with Crippen molar-refractivity contribution in [3.05, 3.63) is 60.2 Å². The fraction of sp³-hybridized carbons (Fsp3) is 0.364. The van der Waals surface area contributed by atoms with Crippen molar-refractivity contribution in [1.82, 2.24) is 0 Å². The zero-order valence-electron chi connectivity index (χ0n) is 15.3. The van der Waals surface area contributed by atoms with Gasteiger partial charge in [0.2, 0.25) is 11.8 Å². The van der Waals surface area contributed by atoms with Gasteiger partial charge in [0.05, 0.1) is 12.2 Å². The number of imide groups is 1. The fourth-order valence-corrected chi connectivity index (χ4v) is 5.88. The van der Waals surface area contributed by atoms with E-state index in [0.717, 1.165) is 19.4 Å². The smallest absolute Gasteiger partial charge is 0.244 e. The second-order valence-corrected chi connectivity index (χ2v) is 8.60. The zero-order chi connectivity index (χ0) is 18.5. The summed E-state index contributed by atoms with van der Waals surface area (Å²) in [5, 5.41) is 0. The number of carbonyl (C=O) groups is 2. The maximum Gasteiger partial charge on any atom is 0.244 e. The van der Waals surface area contributed by atoms with Crippen LogP contribution >= 0.6 is 11.8 Å². The summed E-state index contributed by atoms with van der Waals surface area (Å²) in [6, 6.07) is 18.3. The van der Waals surface area contributed by atoms with E-state index in [9.17, 15) is 9.59 Å². The number of amides is 2. The predicted octanol–water partition coefficient (Wildman–Crippen LogP) is 2.32. The molecule has 0 aliphatic carbocycles. The highest BCUT2D eigenvalue weighted by Crippen LogP contribution is 2.44. The Morgan fingerprint density at radius 1 is 0.963 bits per heavy atom. The van der Waals surface area contributed by atoms with Crippen molar-refractivity contribution >= 4 is 29.3 Å². The fourth-order valence-electron chi connectivity index (χ4n) is 5.47. The molecule has 3 fully saturated rings. The highest BCUT2D eigenvalue weighted by Gasteiger charge is 2.66. The van der Waals surface area contributed by atoms with Crippen LogP contribution in [0.4, 0.5) is 5.69 Å². The molecule has 0 bridgehead atoms. The third-order valence-corrected chi connectivity index (χ3v) is 7.28. The predicted molar refractivity (Wildman–Crippen MR) is 106 cm³/mol. The first-order valence-electron chi connectivity index (χ1n) is 9.63. The molecule has 27 heavy (non-hydrogen) atoms. The third kappa shape index (κ3) is 2.48. The maximum atomic E-state index is 13.4. The van der Waals surface area contributed by atoms with E-state index in [1.165, 1.54) is 20.3 Å². The van der Waals surface area contributed by atoms with Crippen LogP contribution in [0.5, 0.6) is 0 Å². The van der Waals surface area contributed by atoms with Gasteiger partial charge in [-0.25, -0.2) is 4.90 Å². The van der Waals surface area contributed by atoms with Gasteiger partial charge in [-0.15, -0.1) is 11.8 Å². The highest BCUT2D eigenvalue weighted by molar-refractivity contribution is 7.98. The number of nitrogens with one attached hydrogen (secondary N) is 1. The molecule has 1 unspecified atom stereocenters. The molecule has 3 saturated heterocycles. The van der Waals surface area contributed by atoms with Crippen LogP contribution in [0.3, 0.4) is 0 Å². The van der Waals surface area contributed by atoms with Crippen molar-refractivity contribution in [3.8, 4) is 0 Å². The number of quaternary nitrogens is 1. The van der Waals surface area contributed by atoms with Gasteiger partial charge in [0.15, 0.2) is 0 Å². The maximum absolute atomic E-state index is 13.4. The molecule has 5 rings (SSSR count). The first-order valence-corrected chi connectivity index (χ1v) is 10.9. The summed E-state index contributed by atoms with van der Waals surface area (Å²) in [5.41, 5.74) is 1.90. The minimum Gasteiger partial charge on any atom is -0.325 e. The van der Waals surface area contributed by atoms with E-state index in [1.807, 2.05) is 30.3 Å². The Labute approximate surface area is 163 Å². The Bertz CT molecular complexity index is 883. The number of hydrogen-bond donors (Lipinski definition) is 1. The van der Waals surface area contributed by atoms with E-state index in [2.05, 4.69) is 30.5 Å². The second-order valence-electron chi connectivity index (χ2n) is 7.72. The van der Waals surface area contributed by atoms with E-state index in [0.29, 0.717) is 5.69 Å². The molecule has 0 radical (unpaired) electrons. The minimum absolute atomic E-state index is 0.00355. The van der Waals surface area contributed by atoms with Crippen LogP contribution in [0, 0.1) is 11.8 Å². The van der Waals surface area contributed by atoms with Crippen LogP contribution in [0.2, 0.25) is 0 Å². The molecule has 2 aromatic carbocycles. The van der Waals surface area contributed by atoms with E-state index in [-0.39, 0.29) is 35.7 Å². The molecule has 2 amide bonds. The van der Waals surface area contributed by atoms with Gasteiger partial charge in [0, 0.05) is 23.3 Å². The molecule has 3 heterocycles. The summed E-state index contributed by atoms with van der Waals surface area (Å²) in [4.78, 5) is 30.8. The Kier molecular flexibility index (Phi) is 4.10. The molecule has 138 valence electrons. The van der Waals surface area contributed by atoms with Crippen molar-refractivity contribution < 1.29 is 14.5 Å². The second kappa shape index (κ2) is 6.50. The molecule has 0 spiro atoms. The van der Waals surface area contributed by atoms with E-state index >= 15 is 0 Å². The van der Waals surface area contributed by atoms with Crippen molar-refractivity contribution in [1.29, 1.82) is 0 Å². The average Bonchev–Trinajstić information content (AvgIpc) is 3.35. The lowest BCUT2D eigenvalue weighted by molar-refractivity contribution is -0.931.